The normalized spacial score (nSPS) is 21.2. The summed E-state index contributed by atoms with van der Waals surface area (Å²) in [6.45, 7) is 3.43. The number of alkyl halides is 9. The highest BCUT2D eigenvalue weighted by atomic mass is 35.5. The molecule has 0 spiro atoms. The number of methoxy groups -OCH3 is 2. The van der Waals surface area contributed by atoms with Gasteiger partial charge in [0.2, 0.25) is 0 Å². The first-order chi connectivity index (χ1) is 22.0. The number of hydrogen-bond acceptors (Lipinski definition) is 6. The number of halogens is 11. The molecule has 0 radical (unpaired) electrons. The highest BCUT2D eigenvalue weighted by Gasteiger charge is 2.39. The maximum Gasteiger partial charge on any atom is 0.416 e. The molecule has 2 aliphatic heterocycles. The zero-order valence-electron chi connectivity index (χ0n) is 26.5. The maximum absolute atomic E-state index is 13.6. The molecule has 0 saturated carbocycles. The molecule has 278 valence electrons. The average Bonchev–Trinajstić information content (AvgIpc) is 2.99. The fourth-order valence-corrected chi connectivity index (χ4v) is 5.94. The molecule has 2 aromatic rings. The van der Waals surface area contributed by atoms with Gasteiger partial charge in [0.15, 0.2) is 0 Å². The lowest BCUT2D eigenvalue weighted by Gasteiger charge is -2.43. The summed E-state index contributed by atoms with van der Waals surface area (Å²) in [5.74, 6) is -1.03. The lowest BCUT2D eigenvalue weighted by atomic mass is 9.98. The van der Waals surface area contributed by atoms with E-state index in [4.69, 9.17) is 14.2 Å². The van der Waals surface area contributed by atoms with Crippen LogP contribution in [0.1, 0.15) is 32.6 Å². The summed E-state index contributed by atoms with van der Waals surface area (Å²) in [7, 11) is 3.13. The lowest BCUT2D eigenvalue weighted by molar-refractivity contribution is -0.143. The van der Waals surface area contributed by atoms with E-state index < -0.39 is 52.7 Å². The molecule has 2 heterocycles. The lowest BCUT2D eigenvalue weighted by Crippen LogP contribution is -2.58. The van der Waals surface area contributed by atoms with Gasteiger partial charge >= 0.3 is 18.5 Å². The van der Waals surface area contributed by atoms with Crippen molar-refractivity contribution in [3.63, 3.8) is 0 Å². The van der Waals surface area contributed by atoms with Crippen LogP contribution in [0.25, 0.3) is 0 Å². The average molecular weight is 759 g/mol. The van der Waals surface area contributed by atoms with Crippen LogP contribution in [0, 0.1) is 0 Å². The summed E-state index contributed by atoms with van der Waals surface area (Å²) >= 11 is 0. The molecule has 49 heavy (non-hydrogen) atoms. The number of hydrogen-bond donors (Lipinski definition) is 0. The molecule has 0 N–H and O–H groups in total. The summed E-state index contributed by atoms with van der Waals surface area (Å²) in [5, 5.41) is 0. The molecule has 18 heteroatoms. The first-order valence-corrected chi connectivity index (χ1v) is 14.8. The van der Waals surface area contributed by atoms with Crippen molar-refractivity contribution in [3.8, 4) is 0 Å². The third kappa shape index (κ3) is 11.9. The van der Waals surface area contributed by atoms with Crippen LogP contribution >= 0.6 is 24.8 Å². The van der Waals surface area contributed by atoms with Crippen LogP contribution in [0.2, 0.25) is 0 Å². The molecule has 4 rings (SSSR count). The van der Waals surface area contributed by atoms with Gasteiger partial charge in [-0.15, -0.1) is 24.8 Å². The van der Waals surface area contributed by atoms with Gasteiger partial charge < -0.3 is 19.1 Å². The Morgan fingerprint density at radius 1 is 0.714 bits per heavy atom. The first-order valence-electron chi connectivity index (χ1n) is 14.8. The van der Waals surface area contributed by atoms with Gasteiger partial charge in [-0.05, 0) is 42.3 Å². The third-order valence-electron chi connectivity index (χ3n) is 8.16. The van der Waals surface area contributed by atoms with Crippen LogP contribution in [-0.2, 0) is 39.2 Å². The van der Waals surface area contributed by atoms with Gasteiger partial charge in [0.05, 0.1) is 42.1 Å². The van der Waals surface area contributed by atoms with Crippen LogP contribution in [-0.4, -0.2) is 112 Å². The van der Waals surface area contributed by atoms with Crippen LogP contribution in [0.4, 0.5) is 39.5 Å². The molecule has 2 aromatic carbocycles. The second-order valence-corrected chi connectivity index (χ2v) is 11.7. The minimum absolute atomic E-state index is 0. The Kier molecular flexibility index (Phi) is 15.5. The van der Waals surface area contributed by atoms with Crippen LogP contribution in [0.3, 0.4) is 0 Å². The largest absolute Gasteiger partial charge is 0.416 e. The molecule has 7 nitrogen and oxygen atoms in total. The van der Waals surface area contributed by atoms with E-state index in [0.29, 0.717) is 57.1 Å². The third-order valence-corrected chi connectivity index (χ3v) is 8.16. The van der Waals surface area contributed by atoms with E-state index in [9.17, 15) is 44.3 Å². The Balaban J connectivity index is 0.00000417. The van der Waals surface area contributed by atoms with Gasteiger partial charge in [0.25, 0.3) is 5.91 Å². The number of benzene rings is 2. The summed E-state index contributed by atoms with van der Waals surface area (Å²) in [5.41, 5.74) is -4.47. The zero-order valence-corrected chi connectivity index (χ0v) is 28.2. The van der Waals surface area contributed by atoms with E-state index in [-0.39, 0.29) is 69.1 Å². The van der Waals surface area contributed by atoms with Gasteiger partial charge in [-0.1, -0.05) is 12.1 Å². The molecule has 0 aromatic heterocycles. The monoisotopic (exact) mass is 757 g/mol. The van der Waals surface area contributed by atoms with Crippen LogP contribution in [0.15, 0.2) is 42.5 Å². The molecular weight excluding hydrogens is 720 g/mol. The molecule has 2 fully saturated rings. The number of carbonyl (C=O) groups excluding carboxylic acids is 1. The van der Waals surface area contributed by atoms with Gasteiger partial charge in [-0.2, -0.15) is 39.5 Å². The number of piperazine rings is 1. The predicted molar refractivity (Wildman–Crippen MR) is 166 cm³/mol. The smallest absolute Gasteiger partial charge is 0.382 e. The highest BCUT2D eigenvalue weighted by molar-refractivity contribution is 5.95. The molecule has 1 amide bonds. The molecule has 0 bridgehead atoms. The zero-order chi connectivity index (χ0) is 34.6. The number of nitrogens with zero attached hydrogens (tertiary/aromatic N) is 3. The molecule has 3 atom stereocenters. The Labute approximate surface area is 290 Å². The molecule has 0 aliphatic carbocycles. The van der Waals surface area contributed by atoms with Crippen molar-refractivity contribution in [1.82, 2.24) is 14.7 Å². The van der Waals surface area contributed by atoms with E-state index in [1.54, 1.807) is 14.2 Å². The van der Waals surface area contributed by atoms with E-state index >= 15 is 0 Å². The SMILES string of the molecule is COCC1CN(CCN2CCN(C(=O)c3cc(C(F)(F)F)cc(C(F)(F)F)c3)[C@H](Cc3ccc(C(F)(F)F)cc3)C2)CC(COC)O1.Cl.Cl. The van der Waals surface area contributed by atoms with Crippen LogP contribution in [0.5, 0.6) is 0 Å². The second-order valence-electron chi connectivity index (χ2n) is 11.7. The first kappa shape index (κ1) is 42.8. The number of carbonyl (C=O) groups is 1. The van der Waals surface area contributed by atoms with E-state index in [0.717, 1.165) is 12.1 Å². The van der Waals surface area contributed by atoms with Gasteiger partial charge in [0, 0.05) is 71.6 Å². The quantitative estimate of drug-likeness (QED) is 0.265. The van der Waals surface area contributed by atoms with Crippen LogP contribution < -0.4 is 0 Å². The summed E-state index contributed by atoms with van der Waals surface area (Å²) < 4.78 is 137. The standard InChI is InChI=1S/C31H36F9N3O4.2ClH/c1-45-18-26-16-42(17-27(47-26)19-46-2)8-7-41-9-10-43(25(15-41)11-20-3-5-22(6-4-20)29(32,33)34)28(44)21-12-23(30(35,36)37)14-24(13-21)31(38,39)40;;/h3-6,12-14,25-27H,7-11,15-19H2,1-2H3;2*1H/t25-,26?,27?;;/m1../s1. The van der Waals surface area contributed by atoms with Crippen molar-refractivity contribution in [1.29, 1.82) is 0 Å². The summed E-state index contributed by atoms with van der Waals surface area (Å²) in [6, 6.07) is 4.24. The van der Waals surface area contributed by atoms with Gasteiger partial charge in [-0.25, -0.2) is 0 Å². The highest BCUT2D eigenvalue weighted by Crippen LogP contribution is 2.37. The Bertz CT molecular complexity index is 1300. The Morgan fingerprint density at radius 3 is 1.67 bits per heavy atom. The molecule has 2 saturated heterocycles. The minimum Gasteiger partial charge on any atom is -0.382 e. The number of morpholine rings is 1. The van der Waals surface area contributed by atoms with E-state index in [1.165, 1.54) is 17.0 Å². The fourth-order valence-electron chi connectivity index (χ4n) is 5.94. The second kappa shape index (κ2) is 17.7. The topological polar surface area (TPSA) is 54.5 Å². The van der Waals surface area contributed by atoms with E-state index in [2.05, 4.69) is 4.90 Å². The molecular formula is C31H38Cl2F9N3O4. The van der Waals surface area contributed by atoms with Crippen molar-refractivity contribution >= 4 is 30.7 Å². The Hall–Kier alpha value is -2.34. The fraction of sp³-hybridized carbons (Fsp3) is 0.581. The minimum atomic E-state index is -5.14. The number of ether oxygens (including phenoxy) is 3. The summed E-state index contributed by atoms with van der Waals surface area (Å²) in [4.78, 5) is 19.0. The van der Waals surface area contributed by atoms with Crippen molar-refractivity contribution in [3.05, 3.63) is 70.3 Å². The number of amides is 1. The maximum atomic E-state index is 13.6. The van der Waals surface area contributed by atoms with Crippen molar-refractivity contribution in [2.24, 2.45) is 0 Å². The predicted octanol–water partition coefficient (Wildman–Crippen LogP) is 6.32. The molecule has 2 aliphatic rings. The van der Waals surface area contributed by atoms with E-state index in [1.807, 2.05) is 4.90 Å². The number of rotatable bonds is 10. The Morgan fingerprint density at radius 2 is 1.20 bits per heavy atom. The van der Waals surface area contributed by atoms with Crippen molar-refractivity contribution < 1.29 is 58.5 Å². The molecule has 2 unspecified atom stereocenters. The van der Waals surface area contributed by atoms with Gasteiger partial charge in [-0.3, -0.25) is 14.6 Å². The summed E-state index contributed by atoms with van der Waals surface area (Å²) in [6.07, 6.45) is -15.2. The van der Waals surface area contributed by atoms with Gasteiger partial charge in [0.1, 0.15) is 0 Å². The van der Waals surface area contributed by atoms with Crippen molar-refractivity contribution in [2.75, 3.05) is 73.2 Å². The van der Waals surface area contributed by atoms with Crippen molar-refractivity contribution in [2.45, 2.75) is 43.2 Å².